The summed E-state index contributed by atoms with van der Waals surface area (Å²) in [6.07, 6.45) is 17.7. The van der Waals surface area contributed by atoms with Crippen molar-refractivity contribution in [3.63, 3.8) is 0 Å². The molecule has 8 nitrogen and oxygen atoms in total. The van der Waals surface area contributed by atoms with Crippen LogP contribution in [0.5, 0.6) is 17.2 Å². The zero-order valence-corrected chi connectivity index (χ0v) is 29.7. The van der Waals surface area contributed by atoms with Crippen molar-refractivity contribution in [1.29, 1.82) is 0 Å². The Balaban J connectivity index is 1.54. The molecule has 0 bridgehead atoms. The van der Waals surface area contributed by atoms with Gasteiger partial charge in [0.2, 0.25) is 5.69 Å². The van der Waals surface area contributed by atoms with Crippen LogP contribution in [0.3, 0.4) is 0 Å². The fourth-order valence-electron chi connectivity index (χ4n) is 5.73. The number of imide groups is 1. The molecule has 1 heterocycles. The zero-order chi connectivity index (χ0) is 34.4. The quantitative estimate of drug-likeness (QED) is 0.0744. The van der Waals surface area contributed by atoms with Gasteiger partial charge in [0.1, 0.15) is 25.4 Å². The van der Waals surface area contributed by atoms with Crippen LogP contribution < -0.4 is 18.8 Å². The fourth-order valence-corrected chi connectivity index (χ4v) is 5.73. The molecule has 2 amide bonds. The van der Waals surface area contributed by atoms with Crippen LogP contribution in [0.1, 0.15) is 119 Å². The number of hydrogen-bond acceptors (Lipinski definition) is 6. The first-order valence-corrected chi connectivity index (χ1v) is 17.9. The number of carbonyl (C=O) groups excluding carboxylic acids is 2. The molecule has 2 aromatic carbocycles. The van der Waals surface area contributed by atoms with Gasteiger partial charge >= 0.3 is 6.09 Å². The topological polar surface area (TPSA) is 78.2 Å². The predicted molar refractivity (Wildman–Crippen MR) is 190 cm³/mol. The van der Waals surface area contributed by atoms with E-state index in [-0.39, 0.29) is 18.7 Å². The summed E-state index contributed by atoms with van der Waals surface area (Å²) in [5.41, 5.74) is 1.82. The van der Waals surface area contributed by atoms with Crippen molar-refractivity contribution in [3.8, 4) is 17.2 Å². The SMILES string of the molecule is CCCCCCCCCCCCCCOc1ccc(COC(=O)N(Cc2cccc[n+]2CCC)C(=O)c2ccccc2OC)cc1OC. The van der Waals surface area contributed by atoms with Crippen LogP contribution >= 0.6 is 0 Å². The summed E-state index contributed by atoms with van der Waals surface area (Å²) >= 11 is 0. The minimum Gasteiger partial charge on any atom is -0.496 e. The molecule has 0 saturated carbocycles. The molecule has 48 heavy (non-hydrogen) atoms. The minimum atomic E-state index is -0.746. The fraction of sp³-hybridized carbons (Fsp3) is 0.525. The lowest BCUT2D eigenvalue weighted by Crippen LogP contribution is -2.44. The molecule has 1 aromatic heterocycles. The van der Waals surface area contributed by atoms with Gasteiger partial charge in [-0.05, 0) is 36.2 Å². The van der Waals surface area contributed by atoms with Crippen molar-refractivity contribution in [3.05, 3.63) is 83.7 Å². The number of amides is 2. The average molecular weight is 662 g/mol. The van der Waals surface area contributed by atoms with Gasteiger partial charge in [-0.1, -0.05) is 109 Å². The number of para-hydroxylation sites is 1. The van der Waals surface area contributed by atoms with Crippen LogP contribution in [0, 0.1) is 0 Å². The van der Waals surface area contributed by atoms with E-state index >= 15 is 0 Å². The Bertz CT molecular complexity index is 1380. The Kier molecular flexibility index (Phi) is 18.0. The van der Waals surface area contributed by atoms with E-state index in [1.165, 1.54) is 71.3 Å². The van der Waals surface area contributed by atoms with Gasteiger partial charge in [-0.15, -0.1) is 0 Å². The molecular formula is C40H57N2O6+. The first-order valence-electron chi connectivity index (χ1n) is 17.9. The van der Waals surface area contributed by atoms with Gasteiger partial charge in [0.05, 0.1) is 26.4 Å². The third-order valence-electron chi connectivity index (χ3n) is 8.47. The molecule has 0 unspecified atom stereocenters. The molecule has 3 aromatic rings. The van der Waals surface area contributed by atoms with Crippen LogP contribution in [0.4, 0.5) is 4.79 Å². The Morgan fingerprint density at radius 1 is 0.688 bits per heavy atom. The summed E-state index contributed by atoms with van der Waals surface area (Å²) in [5, 5.41) is 0. The normalized spacial score (nSPS) is 10.8. The molecule has 8 heteroatoms. The molecule has 0 fully saturated rings. The standard InChI is InChI=1S/C40H57N2O6/c1-5-7-8-9-10-11-12-13-14-15-16-21-29-47-37-26-25-33(30-38(37)46-4)32-48-40(44)42(31-34-22-19-20-28-41(34)27-6-2)39(43)35-23-17-18-24-36(35)45-3/h17-20,22-26,28,30H,5-16,21,27,29,31-32H2,1-4H3/q+1. The van der Waals surface area contributed by atoms with Gasteiger partial charge in [-0.25, -0.2) is 14.3 Å². The molecule has 0 saturated heterocycles. The summed E-state index contributed by atoms with van der Waals surface area (Å²) in [6.45, 7) is 5.74. The lowest BCUT2D eigenvalue weighted by atomic mass is 10.1. The number of pyridine rings is 1. The van der Waals surface area contributed by atoms with Crippen LogP contribution in [-0.4, -0.2) is 37.7 Å². The van der Waals surface area contributed by atoms with Gasteiger partial charge in [0.15, 0.2) is 17.7 Å². The monoisotopic (exact) mass is 661 g/mol. The Labute approximate surface area is 288 Å². The van der Waals surface area contributed by atoms with Crippen LogP contribution in [-0.2, 0) is 24.4 Å². The summed E-state index contributed by atoms with van der Waals surface area (Å²) in [6, 6.07) is 18.1. The molecule has 0 atom stereocenters. The number of aryl methyl sites for hydroxylation is 1. The molecule has 3 rings (SSSR count). The third-order valence-corrected chi connectivity index (χ3v) is 8.47. The molecular weight excluding hydrogens is 604 g/mol. The highest BCUT2D eigenvalue weighted by Gasteiger charge is 2.29. The number of hydrogen-bond donors (Lipinski definition) is 0. The summed E-state index contributed by atoms with van der Waals surface area (Å²) < 4.78 is 24.8. The maximum atomic E-state index is 13.8. The van der Waals surface area contributed by atoms with Crippen molar-refractivity contribution in [2.75, 3.05) is 20.8 Å². The first kappa shape index (κ1) is 38.4. The van der Waals surface area contributed by atoms with Crippen LogP contribution in [0.15, 0.2) is 66.9 Å². The number of carbonyl (C=O) groups is 2. The predicted octanol–water partition coefficient (Wildman–Crippen LogP) is 9.46. The van der Waals surface area contributed by atoms with Gasteiger partial charge in [0, 0.05) is 18.6 Å². The number of ether oxygens (including phenoxy) is 4. The van der Waals surface area contributed by atoms with Crippen molar-refractivity contribution >= 4 is 12.0 Å². The van der Waals surface area contributed by atoms with Crippen LogP contribution in [0.2, 0.25) is 0 Å². The van der Waals surface area contributed by atoms with E-state index in [9.17, 15) is 9.59 Å². The lowest BCUT2D eigenvalue weighted by Gasteiger charge is -2.21. The second-order valence-electron chi connectivity index (χ2n) is 12.3. The molecule has 0 spiro atoms. The highest BCUT2D eigenvalue weighted by Crippen LogP contribution is 2.29. The smallest absolute Gasteiger partial charge is 0.417 e. The highest BCUT2D eigenvalue weighted by atomic mass is 16.6. The average Bonchev–Trinajstić information content (AvgIpc) is 3.12. The maximum Gasteiger partial charge on any atom is 0.417 e. The van der Waals surface area contributed by atoms with Gasteiger partial charge < -0.3 is 18.9 Å². The molecule has 0 aliphatic rings. The number of rotatable bonds is 23. The summed E-state index contributed by atoms with van der Waals surface area (Å²) in [4.78, 5) is 28.4. The minimum absolute atomic E-state index is 0.0341. The number of aromatic nitrogens is 1. The molecule has 0 N–H and O–H groups in total. The largest absolute Gasteiger partial charge is 0.496 e. The number of methoxy groups -OCH3 is 2. The zero-order valence-electron chi connectivity index (χ0n) is 29.7. The van der Waals surface area contributed by atoms with Gasteiger partial charge in [0.25, 0.3) is 5.91 Å². The second-order valence-corrected chi connectivity index (χ2v) is 12.3. The van der Waals surface area contributed by atoms with E-state index in [2.05, 4.69) is 13.8 Å². The lowest BCUT2D eigenvalue weighted by molar-refractivity contribution is -0.704. The van der Waals surface area contributed by atoms with Crippen molar-refractivity contribution in [2.24, 2.45) is 0 Å². The Morgan fingerprint density at radius 3 is 2.00 bits per heavy atom. The van der Waals surface area contributed by atoms with Crippen molar-refractivity contribution in [1.82, 2.24) is 4.90 Å². The number of nitrogens with zero attached hydrogens (tertiary/aromatic N) is 2. The molecule has 0 radical (unpaired) electrons. The van der Waals surface area contributed by atoms with Crippen molar-refractivity contribution < 1.29 is 33.1 Å². The maximum absolute atomic E-state index is 13.8. The van der Waals surface area contributed by atoms with E-state index < -0.39 is 12.0 Å². The first-order chi connectivity index (χ1) is 23.5. The summed E-state index contributed by atoms with van der Waals surface area (Å²) in [5.74, 6) is 1.13. The molecule has 262 valence electrons. The van der Waals surface area contributed by atoms with Gasteiger partial charge in [-0.2, -0.15) is 0 Å². The van der Waals surface area contributed by atoms with E-state index in [1.807, 2.05) is 47.2 Å². The summed E-state index contributed by atoms with van der Waals surface area (Å²) in [7, 11) is 3.10. The Hall–Kier alpha value is -4.07. The van der Waals surface area contributed by atoms with E-state index in [0.29, 0.717) is 23.9 Å². The van der Waals surface area contributed by atoms with Crippen LogP contribution in [0.25, 0.3) is 0 Å². The Morgan fingerprint density at radius 2 is 1.33 bits per heavy atom. The third kappa shape index (κ3) is 12.9. The number of benzene rings is 2. The van der Waals surface area contributed by atoms with E-state index in [0.717, 1.165) is 42.0 Å². The number of unbranched alkanes of at least 4 members (excludes halogenated alkanes) is 11. The van der Waals surface area contributed by atoms with E-state index in [1.54, 1.807) is 31.4 Å². The van der Waals surface area contributed by atoms with Crippen molar-refractivity contribution in [2.45, 2.75) is 117 Å². The van der Waals surface area contributed by atoms with Gasteiger partial charge in [-0.3, -0.25) is 4.79 Å². The highest BCUT2D eigenvalue weighted by molar-refractivity contribution is 6.04. The van der Waals surface area contributed by atoms with E-state index in [4.69, 9.17) is 18.9 Å². The molecule has 0 aliphatic heterocycles. The second kappa shape index (κ2) is 22.5. The molecule has 0 aliphatic carbocycles.